The van der Waals surface area contributed by atoms with Crippen molar-refractivity contribution in [2.24, 2.45) is 0 Å². The molecule has 1 fully saturated rings. The van der Waals surface area contributed by atoms with Crippen LogP contribution in [-0.4, -0.2) is 65.1 Å². The third-order valence-corrected chi connectivity index (χ3v) is 6.03. The lowest BCUT2D eigenvalue weighted by Gasteiger charge is -2.36. The van der Waals surface area contributed by atoms with Gasteiger partial charge in [0.25, 0.3) is 11.8 Å². The van der Waals surface area contributed by atoms with E-state index in [9.17, 15) is 18.8 Å². The fraction of sp³-hybridized carbons (Fsp3) is 0.320. The molecule has 0 aliphatic carbocycles. The van der Waals surface area contributed by atoms with Crippen molar-refractivity contribution >= 4 is 29.0 Å². The third-order valence-electron chi connectivity index (χ3n) is 6.03. The highest BCUT2D eigenvalue weighted by molar-refractivity contribution is 6.35. The van der Waals surface area contributed by atoms with Gasteiger partial charge in [-0.25, -0.2) is 4.39 Å². The number of benzene rings is 2. The Labute approximate surface area is 192 Å². The molecule has 0 atom stereocenters. The first-order valence-electron chi connectivity index (χ1n) is 11.1. The van der Waals surface area contributed by atoms with Gasteiger partial charge in [-0.15, -0.1) is 0 Å². The summed E-state index contributed by atoms with van der Waals surface area (Å²) in [5.41, 5.74) is 2.68. The van der Waals surface area contributed by atoms with Crippen molar-refractivity contribution in [2.45, 2.75) is 20.4 Å². The van der Waals surface area contributed by atoms with Gasteiger partial charge in [-0.05, 0) is 41.9 Å². The Morgan fingerprint density at radius 3 is 2.15 bits per heavy atom. The van der Waals surface area contributed by atoms with E-state index in [1.165, 1.54) is 24.0 Å². The second kappa shape index (κ2) is 9.54. The average molecular weight is 451 g/mol. The average Bonchev–Trinajstić information content (AvgIpc) is 3.05. The number of hydrogen-bond acceptors (Lipinski definition) is 5. The van der Waals surface area contributed by atoms with Crippen LogP contribution in [0.15, 0.2) is 54.2 Å². The summed E-state index contributed by atoms with van der Waals surface area (Å²) in [5.74, 6) is -1.26. The smallest absolute Gasteiger partial charge is 0.278 e. The number of carbonyl (C=O) groups is 3. The van der Waals surface area contributed by atoms with Crippen LogP contribution in [0.2, 0.25) is 0 Å². The summed E-state index contributed by atoms with van der Waals surface area (Å²) >= 11 is 0. The number of hydrogen-bond donors (Lipinski definition) is 1. The van der Waals surface area contributed by atoms with Crippen molar-refractivity contribution in [2.75, 3.05) is 38.0 Å². The standard InChI is InChI=1S/C25H27FN4O3/c1-3-28-12-14-29(15-13-28)23-22(19-6-10-21(11-7-19)27-17(2)31)24(32)30(25(23)33)16-18-4-8-20(26)9-5-18/h4-11H,3,12-16H2,1-2H3,(H,27,31). The Bertz CT molecular complexity index is 1090. The summed E-state index contributed by atoms with van der Waals surface area (Å²) in [4.78, 5) is 43.8. The fourth-order valence-corrected chi connectivity index (χ4v) is 4.24. The molecule has 0 saturated carbocycles. The van der Waals surface area contributed by atoms with E-state index in [1.54, 1.807) is 36.4 Å². The number of piperazine rings is 1. The minimum atomic E-state index is -0.371. The number of halogens is 1. The number of amides is 3. The fourth-order valence-electron chi connectivity index (χ4n) is 4.24. The maximum absolute atomic E-state index is 13.5. The van der Waals surface area contributed by atoms with E-state index in [2.05, 4.69) is 17.1 Å². The van der Waals surface area contributed by atoms with Crippen molar-refractivity contribution in [1.29, 1.82) is 0 Å². The highest BCUT2D eigenvalue weighted by Crippen LogP contribution is 2.33. The van der Waals surface area contributed by atoms with E-state index in [0.717, 1.165) is 19.6 Å². The summed E-state index contributed by atoms with van der Waals surface area (Å²) in [6.45, 7) is 7.48. The number of rotatable bonds is 6. The molecular weight excluding hydrogens is 423 g/mol. The molecule has 2 heterocycles. The minimum Gasteiger partial charge on any atom is -0.364 e. The van der Waals surface area contributed by atoms with Gasteiger partial charge < -0.3 is 15.1 Å². The van der Waals surface area contributed by atoms with Crippen molar-refractivity contribution in [1.82, 2.24) is 14.7 Å². The van der Waals surface area contributed by atoms with Gasteiger partial charge in [0.2, 0.25) is 5.91 Å². The first kappa shape index (κ1) is 22.7. The highest BCUT2D eigenvalue weighted by atomic mass is 19.1. The van der Waals surface area contributed by atoms with Gasteiger partial charge in [0.15, 0.2) is 0 Å². The molecule has 2 aromatic carbocycles. The molecule has 1 N–H and O–H groups in total. The van der Waals surface area contributed by atoms with E-state index in [0.29, 0.717) is 41.2 Å². The Balaban J connectivity index is 1.68. The van der Waals surface area contributed by atoms with Crippen LogP contribution in [0.25, 0.3) is 5.57 Å². The van der Waals surface area contributed by atoms with Crippen molar-refractivity contribution in [3.8, 4) is 0 Å². The van der Waals surface area contributed by atoms with Gasteiger partial charge in [0.05, 0.1) is 12.1 Å². The predicted molar refractivity (Wildman–Crippen MR) is 123 cm³/mol. The van der Waals surface area contributed by atoms with Crippen LogP contribution in [0, 0.1) is 5.82 Å². The Morgan fingerprint density at radius 2 is 1.58 bits per heavy atom. The lowest BCUT2D eigenvalue weighted by atomic mass is 10.0. The van der Waals surface area contributed by atoms with E-state index in [4.69, 9.17) is 0 Å². The molecule has 0 bridgehead atoms. The maximum Gasteiger partial charge on any atom is 0.278 e. The van der Waals surface area contributed by atoms with Gasteiger partial charge in [0.1, 0.15) is 11.5 Å². The molecule has 1 saturated heterocycles. The number of carbonyl (C=O) groups excluding carboxylic acids is 3. The zero-order chi connectivity index (χ0) is 23.5. The molecule has 0 radical (unpaired) electrons. The molecule has 2 aliphatic heterocycles. The maximum atomic E-state index is 13.5. The number of anilines is 1. The van der Waals surface area contributed by atoms with Crippen molar-refractivity contribution < 1.29 is 18.8 Å². The first-order valence-corrected chi connectivity index (χ1v) is 11.1. The molecule has 2 aliphatic rings. The second-order valence-corrected chi connectivity index (χ2v) is 8.23. The van der Waals surface area contributed by atoms with E-state index in [1.807, 2.05) is 4.90 Å². The third kappa shape index (κ3) is 4.80. The van der Waals surface area contributed by atoms with Crippen molar-refractivity contribution in [3.63, 3.8) is 0 Å². The molecule has 3 amide bonds. The van der Waals surface area contributed by atoms with Crippen LogP contribution >= 0.6 is 0 Å². The summed E-state index contributed by atoms with van der Waals surface area (Å²) < 4.78 is 13.3. The summed E-state index contributed by atoms with van der Waals surface area (Å²) in [6, 6.07) is 12.7. The van der Waals surface area contributed by atoms with Crippen LogP contribution in [0.4, 0.5) is 10.1 Å². The molecule has 0 spiro atoms. The molecule has 7 nitrogen and oxygen atoms in total. The molecule has 8 heteroatoms. The molecule has 4 rings (SSSR count). The predicted octanol–water partition coefficient (Wildman–Crippen LogP) is 2.70. The monoisotopic (exact) mass is 450 g/mol. The van der Waals surface area contributed by atoms with Gasteiger partial charge in [-0.3, -0.25) is 19.3 Å². The highest BCUT2D eigenvalue weighted by Gasteiger charge is 2.42. The van der Waals surface area contributed by atoms with E-state index >= 15 is 0 Å². The van der Waals surface area contributed by atoms with Gasteiger partial charge in [0, 0.05) is 38.8 Å². The van der Waals surface area contributed by atoms with Crippen molar-refractivity contribution in [3.05, 3.63) is 71.2 Å². The number of imide groups is 1. The van der Waals surface area contributed by atoms with Gasteiger partial charge >= 0.3 is 0 Å². The zero-order valence-electron chi connectivity index (χ0n) is 18.8. The molecular formula is C25H27FN4O3. The number of likely N-dealkylation sites (N-methyl/N-ethyl adjacent to an activating group) is 1. The minimum absolute atomic E-state index is 0.0733. The lowest BCUT2D eigenvalue weighted by Crippen LogP contribution is -2.47. The largest absolute Gasteiger partial charge is 0.364 e. The second-order valence-electron chi connectivity index (χ2n) is 8.23. The zero-order valence-corrected chi connectivity index (χ0v) is 18.8. The van der Waals surface area contributed by atoms with Crippen LogP contribution in [0.1, 0.15) is 25.0 Å². The normalized spacial score (nSPS) is 17.2. The number of nitrogens with one attached hydrogen (secondary N) is 1. The van der Waals surface area contributed by atoms with Gasteiger partial charge in [-0.1, -0.05) is 31.2 Å². The van der Waals surface area contributed by atoms with Crippen LogP contribution in [0.3, 0.4) is 0 Å². The molecule has 0 unspecified atom stereocenters. The Kier molecular flexibility index (Phi) is 6.55. The topological polar surface area (TPSA) is 73.0 Å². The quantitative estimate of drug-likeness (QED) is 0.686. The first-order chi connectivity index (χ1) is 15.9. The lowest BCUT2D eigenvalue weighted by molar-refractivity contribution is -0.138. The SMILES string of the molecule is CCN1CCN(C2=C(c3ccc(NC(C)=O)cc3)C(=O)N(Cc3ccc(F)cc3)C2=O)CC1. The Hall–Kier alpha value is -3.52. The summed E-state index contributed by atoms with van der Waals surface area (Å²) in [5, 5.41) is 2.71. The van der Waals surface area contributed by atoms with Crippen LogP contribution in [0.5, 0.6) is 0 Å². The van der Waals surface area contributed by atoms with Crippen LogP contribution in [-0.2, 0) is 20.9 Å². The number of nitrogens with zero attached hydrogens (tertiary/aromatic N) is 3. The van der Waals surface area contributed by atoms with E-state index in [-0.39, 0.29) is 30.1 Å². The van der Waals surface area contributed by atoms with E-state index < -0.39 is 0 Å². The molecule has 0 aromatic heterocycles. The molecule has 2 aromatic rings. The summed E-state index contributed by atoms with van der Waals surface area (Å²) in [7, 11) is 0. The van der Waals surface area contributed by atoms with Gasteiger partial charge in [-0.2, -0.15) is 0 Å². The van der Waals surface area contributed by atoms with Crippen LogP contribution < -0.4 is 5.32 Å². The molecule has 33 heavy (non-hydrogen) atoms. The molecule has 172 valence electrons. The summed E-state index contributed by atoms with van der Waals surface area (Å²) in [6.07, 6.45) is 0. The Morgan fingerprint density at radius 1 is 0.939 bits per heavy atom.